The third kappa shape index (κ3) is 4.57. The second-order valence-corrected chi connectivity index (χ2v) is 5.76. The number of hydrogen-bond donors (Lipinski definition) is 2. The summed E-state index contributed by atoms with van der Waals surface area (Å²) in [5, 5.41) is 13.3. The van der Waals surface area contributed by atoms with E-state index in [-0.39, 0.29) is 18.1 Å². The molecule has 5 nitrogen and oxygen atoms in total. The van der Waals surface area contributed by atoms with Gasteiger partial charge in [-0.05, 0) is 5.41 Å². The third-order valence-corrected chi connectivity index (χ3v) is 3.21. The molecular formula is C11H21N3O2S. The van der Waals surface area contributed by atoms with Crippen molar-refractivity contribution in [1.82, 2.24) is 9.36 Å². The van der Waals surface area contributed by atoms with Crippen LogP contribution in [0.4, 0.5) is 5.13 Å². The Morgan fingerprint density at radius 3 is 2.71 bits per heavy atom. The van der Waals surface area contributed by atoms with Crippen molar-refractivity contribution in [2.24, 2.45) is 5.41 Å². The van der Waals surface area contributed by atoms with Crippen molar-refractivity contribution < 1.29 is 9.84 Å². The van der Waals surface area contributed by atoms with Gasteiger partial charge in [-0.25, -0.2) is 4.98 Å². The van der Waals surface area contributed by atoms with Gasteiger partial charge in [0.2, 0.25) is 5.13 Å². The fourth-order valence-electron chi connectivity index (χ4n) is 1.29. The van der Waals surface area contributed by atoms with Gasteiger partial charge < -0.3 is 15.2 Å². The first kappa shape index (κ1) is 14.3. The van der Waals surface area contributed by atoms with E-state index in [1.165, 1.54) is 11.5 Å². The zero-order valence-electron chi connectivity index (χ0n) is 10.9. The monoisotopic (exact) mass is 259 g/mol. The standard InChI is InChI=1S/C11H21N3O2S/c1-11(2,3)8(7-15)12-10-13-9(14-17-10)5-6-16-4/h8,15H,5-7H2,1-4H3,(H,12,13,14)/t8-/m1/s1. The van der Waals surface area contributed by atoms with Gasteiger partial charge in [0.25, 0.3) is 0 Å². The summed E-state index contributed by atoms with van der Waals surface area (Å²) in [4.78, 5) is 4.35. The van der Waals surface area contributed by atoms with Crippen LogP contribution in [0.25, 0.3) is 0 Å². The molecule has 6 heteroatoms. The van der Waals surface area contributed by atoms with Crippen molar-refractivity contribution >= 4 is 16.7 Å². The molecule has 0 fully saturated rings. The highest BCUT2D eigenvalue weighted by Crippen LogP contribution is 2.23. The number of nitrogens with zero attached hydrogens (tertiary/aromatic N) is 2. The number of aliphatic hydroxyl groups is 1. The van der Waals surface area contributed by atoms with E-state index in [1.54, 1.807) is 7.11 Å². The lowest BCUT2D eigenvalue weighted by molar-refractivity contribution is 0.200. The lowest BCUT2D eigenvalue weighted by Crippen LogP contribution is -2.37. The number of aliphatic hydroxyl groups excluding tert-OH is 1. The summed E-state index contributed by atoms with van der Waals surface area (Å²) >= 11 is 1.32. The molecule has 1 aromatic heterocycles. The lowest BCUT2D eigenvalue weighted by Gasteiger charge is -2.29. The van der Waals surface area contributed by atoms with E-state index in [0.29, 0.717) is 13.0 Å². The van der Waals surface area contributed by atoms with Crippen LogP contribution in [-0.4, -0.2) is 40.8 Å². The van der Waals surface area contributed by atoms with Crippen LogP contribution in [0.2, 0.25) is 0 Å². The fraction of sp³-hybridized carbons (Fsp3) is 0.818. The van der Waals surface area contributed by atoms with E-state index < -0.39 is 0 Å². The van der Waals surface area contributed by atoms with Crippen molar-refractivity contribution in [3.63, 3.8) is 0 Å². The van der Waals surface area contributed by atoms with E-state index in [2.05, 4.69) is 35.4 Å². The molecule has 0 aliphatic heterocycles. The summed E-state index contributed by atoms with van der Waals surface area (Å²) in [5.74, 6) is 0.782. The minimum atomic E-state index is -0.0225. The summed E-state index contributed by atoms with van der Waals surface area (Å²) in [6.45, 7) is 6.94. The van der Waals surface area contributed by atoms with Crippen molar-refractivity contribution in [3.05, 3.63) is 5.82 Å². The average molecular weight is 259 g/mol. The first-order chi connectivity index (χ1) is 7.97. The molecule has 1 atom stereocenters. The molecule has 0 unspecified atom stereocenters. The minimum Gasteiger partial charge on any atom is -0.394 e. The molecule has 2 N–H and O–H groups in total. The van der Waals surface area contributed by atoms with Crippen LogP contribution < -0.4 is 5.32 Å². The quantitative estimate of drug-likeness (QED) is 0.811. The molecule has 98 valence electrons. The second-order valence-electron chi connectivity index (χ2n) is 5.00. The second kappa shape index (κ2) is 6.28. The summed E-state index contributed by atoms with van der Waals surface area (Å²) < 4.78 is 9.21. The van der Waals surface area contributed by atoms with Crippen LogP contribution in [0.1, 0.15) is 26.6 Å². The Morgan fingerprint density at radius 2 is 2.18 bits per heavy atom. The number of methoxy groups -OCH3 is 1. The first-order valence-electron chi connectivity index (χ1n) is 5.66. The molecule has 0 amide bonds. The Bertz CT molecular complexity index is 336. The maximum Gasteiger partial charge on any atom is 0.202 e. The predicted octanol–water partition coefficient (Wildman–Crippen LogP) is 1.55. The molecule has 0 aromatic carbocycles. The van der Waals surface area contributed by atoms with Gasteiger partial charge in [-0.1, -0.05) is 20.8 Å². The zero-order chi connectivity index (χ0) is 12.9. The Balaban J connectivity index is 2.58. The molecule has 0 saturated carbocycles. The summed E-state index contributed by atoms with van der Waals surface area (Å²) in [5.41, 5.74) is -0.0207. The Hall–Kier alpha value is -0.720. The van der Waals surface area contributed by atoms with Gasteiger partial charge in [0.05, 0.1) is 19.3 Å². The molecule has 1 heterocycles. The number of hydrogen-bond acceptors (Lipinski definition) is 6. The van der Waals surface area contributed by atoms with Gasteiger partial charge in [0.15, 0.2) is 0 Å². The van der Waals surface area contributed by atoms with Crippen molar-refractivity contribution in [1.29, 1.82) is 0 Å². The van der Waals surface area contributed by atoms with Gasteiger partial charge in [0, 0.05) is 25.1 Å². The highest BCUT2D eigenvalue weighted by atomic mass is 32.1. The van der Waals surface area contributed by atoms with Gasteiger partial charge in [-0.2, -0.15) is 4.37 Å². The van der Waals surface area contributed by atoms with Crippen molar-refractivity contribution in [3.8, 4) is 0 Å². The highest BCUT2D eigenvalue weighted by Gasteiger charge is 2.24. The Labute approximate surface area is 106 Å². The number of anilines is 1. The summed E-state index contributed by atoms with van der Waals surface area (Å²) in [6, 6.07) is -0.0225. The molecule has 0 bridgehead atoms. The molecule has 0 saturated heterocycles. The molecule has 0 aliphatic rings. The smallest absolute Gasteiger partial charge is 0.202 e. The minimum absolute atomic E-state index is 0.0207. The largest absolute Gasteiger partial charge is 0.394 e. The first-order valence-corrected chi connectivity index (χ1v) is 6.43. The maximum absolute atomic E-state index is 9.35. The zero-order valence-corrected chi connectivity index (χ0v) is 11.7. The summed E-state index contributed by atoms with van der Waals surface area (Å²) in [7, 11) is 1.66. The topological polar surface area (TPSA) is 67.3 Å². The third-order valence-electron chi connectivity index (χ3n) is 2.52. The molecule has 1 rings (SSSR count). The van der Waals surface area contributed by atoms with E-state index >= 15 is 0 Å². The molecule has 1 aromatic rings. The predicted molar refractivity (Wildman–Crippen MR) is 69.4 cm³/mol. The van der Waals surface area contributed by atoms with Crippen LogP contribution in [-0.2, 0) is 11.2 Å². The lowest BCUT2D eigenvalue weighted by atomic mass is 9.87. The normalized spacial score (nSPS) is 13.7. The van der Waals surface area contributed by atoms with Crippen LogP contribution >= 0.6 is 11.5 Å². The number of nitrogens with one attached hydrogen (secondary N) is 1. The number of ether oxygens (including phenoxy) is 1. The van der Waals surface area contributed by atoms with E-state index in [0.717, 1.165) is 11.0 Å². The van der Waals surface area contributed by atoms with Gasteiger partial charge in [-0.3, -0.25) is 0 Å². The molecule has 17 heavy (non-hydrogen) atoms. The van der Waals surface area contributed by atoms with E-state index in [4.69, 9.17) is 4.74 Å². The van der Waals surface area contributed by atoms with E-state index in [1.807, 2.05) is 0 Å². The molecule has 0 aliphatic carbocycles. The molecule has 0 radical (unpaired) electrons. The average Bonchev–Trinajstić information content (AvgIpc) is 2.69. The Morgan fingerprint density at radius 1 is 1.47 bits per heavy atom. The SMILES string of the molecule is COCCc1nsc(N[C@H](CO)C(C)(C)C)n1. The van der Waals surface area contributed by atoms with Gasteiger partial charge in [0.1, 0.15) is 5.82 Å². The summed E-state index contributed by atoms with van der Waals surface area (Å²) in [6.07, 6.45) is 0.716. The van der Waals surface area contributed by atoms with Crippen LogP contribution in [0.5, 0.6) is 0 Å². The van der Waals surface area contributed by atoms with Gasteiger partial charge in [-0.15, -0.1) is 0 Å². The van der Waals surface area contributed by atoms with Gasteiger partial charge >= 0.3 is 0 Å². The van der Waals surface area contributed by atoms with Crippen LogP contribution in [0.15, 0.2) is 0 Å². The van der Waals surface area contributed by atoms with Crippen LogP contribution in [0, 0.1) is 5.41 Å². The number of aromatic nitrogens is 2. The maximum atomic E-state index is 9.35. The number of rotatable bonds is 6. The fourth-order valence-corrected chi connectivity index (χ4v) is 1.96. The van der Waals surface area contributed by atoms with Crippen molar-refractivity contribution in [2.75, 3.05) is 25.6 Å². The highest BCUT2D eigenvalue weighted by molar-refractivity contribution is 7.09. The van der Waals surface area contributed by atoms with E-state index in [9.17, 15) is 5.11 Å². The molecule has 0 spiro atoms. The van der Waals surface area contributed by atoms with Crippen LogP contribution in [0.3, 0.4) is 0 Å². The Kier molecular flexibility index (Phi) is 5.30. The van der Waals surface area contributed by atoms with Crippen molar-refractivity contribution in [2.45, 2.75) is 33.2 Å². The molecular weight excluding hydrogens is 238 g/mol.